The molecule has 1 N–H and O–H groups in total. The summed E-state index contributed by atoms with van der Waals surface area (Å²) >= 11 is 7.50. The highest BCUT2D eigenvalue weighted by atomic mass is 35.5. The molecule has 1 aromatic heterocycles. The molecule has 1 unspecified atom stereocenters. The lowest BCUT2D eigenvalue weighted by Crippen LogP contribution is -2.12. The number of anilines is 1. The maximum Gasteiger partial charge on any atom is 0.183 e. The van der Waals surface area contributed by atoms with Crippen molar-refractivity contribution in [3.63, 3.8) is 0 Å². The molecule has 0 saturated carbocycles. The van der Waals surface area contributed by atoms with Crippen LogP contribution in [0.5, 0.6) is 0 Å². The molecule has 0 amide bonds. The number of hydrogen-bond donors (Lipinski definition) is 1. The molecule has 0 spiro atoms. The Hall–Kier alpha value is -1.06. The Morgan fingerprint density at radius 3 is 2.71 bits per heavy atom. The SMILES string of the molecule is CCC(C)Nc1nc(-c2ccc(Cl)cc2)cs1. The minimum atomic E-state index is 0.458. The van der Waals surface area contributed by atoms with E-state index in [-0.39, 0.29) is 0 Å². The van der Waals surface area contributed by atoms with Gasteiger partial charge in [-0.15, -0.1) is 11.3 Å². The summed E-state index contributed by atoms with van der Waals surface area (Å²) in [4.78, 5) is 4.56. The predicted molar refractivity (Wildman–Crippen MR) is 75.9 cm³/mol. The maximum atomic E-state index is 5.86. The smallest absolute Gasteiger partial charge is 0.183 e. The summed E-state index contributed by atoms with van der Waals surface area (Å²) in [5, 5.41) is 7.17. The lowest BCUT2D eigenvalue weighted by atomic mass is 10.2. The van der Waals surface area contributed by atoms with Gasteiger partial charge in [0.05, 0.1) is 5.69 Å². The topological polar surface area (TPSA) is 24.9 Å². The van der Waals surface area contributed by atoms with E-state index < -0.39 is 0 Å². The summed E-state index contributed by atoms with van der Waals surface area (Å²) in [5.74, 6) is 0. The zero-order valence-corrected chi connectivity index (χ0v) is 11.5. The van der Waals surface area contributed by atoms with Crippen LogP contribution in [0.25, 0.3) is 11.3 Å². The van der Waals surface area contributed by atoms with E-state index in [1.165, 1.54) is 0 Å². The Bertz CT molecular complexity index is 478. The van der Waals surface area contributed by atoms with Crippen LogP contribution in [0.2, 0.25) is 5.02 Å². The van der Waals surface area contributed by atoms with E-state index in [4.69, 9.17) is 11.6 Å². The first-order valence-electron chi connectivity index (χ1n) is 5.67. The summed E-state index contributed by atoms with van der Waals surface area (Å²) in [5.41, 5.74) is 2.10. The van der Waals surface area contributed by atoms with Gasteiger partial charge in [-0.1, -0.05) is 30.7 Å². The van der Waals surface area contributed by atoms with E-state index in [9.17, 15) is 0 Å². The molecule has 2 nitrogen and oxygen atoms in total. The lowest BCUT2D eigenvalue weighted by molar-refractivity contribution is 0.763. The van der Waals surface area contributed by atoms with E-state index in [0.29, 0.717) is 6.04 Å². The second-order valence-electron chi connectivity index (χ2n) is 4.00. The summed E-state index contributed by atoms with van der Waals surface area (Å²) in [6.45, 7) is 4.31. The van der Waals surface area contributed by atoms with E-state index in [2.05, 4.69) is 29.5 Å². The van der Waals surface area contributed by atoms with Gasteiger partial charge in [-0.05, 0) is 25.5 Å². The molecular formula is C13H15ClN2S. The molecule has 1 atom stereocenters. The number of halogens is 1. The first-order valence-corrected chi connectivity index (χ1v) is 6.93. The van der Waals surface area contributed by atoms with Crippen LogP contribution in [-0.2, 0) is 0 Å². The first-order chi connectivity index (χ1) is 8.19. The Morgan fingerprint density at radius 2 is 2.06 bits per heavy atom. The monoisotopic (exact) mass is 266 g/mol. The van der Waals surface area contributed by atoms with Crippen molar-refractivity contribution in [2.45, 2.75) is 26.3 Å². The summed E-state index contributed by atoms with van der Waals surface area (Å²) in [6.07, 6.45) is 1.09. The van der Waals surface area contributed by atoms with Gasteiger partial charge in [0, 0.05) is 22.0 Å². The fourth-order valence-electron chi connectivity index (χ4n) is 1.41. The van der Waals surface area contributed by atoms with Crippen molar-refractivity contribution in [2.75, 3.05) is 5.32 Å². The molecule has 2 aromatic rings. The molecule has 4 heteroatoms. The molecular weight excluding hydrogens is 252 g/mol. The van der Waals surface area contributed by atoms with E-state index in [1.807, 2.05) is 24.3 Å². The highest BCUT2D eigenvalue weighted by Crippen LogP contribution is 2.26. The molecule has 0 aliphatic rings. The molecule has 2 rings (SSSR count). The molecule has 0 radical (unpaired) electrons. The van der Waals surface area contributed by atoms with Gasteiger partial charge in [0.15, 0.2) is 5.13 Å². The average molecular weight is 267 g/mol. The van der Waals surface area contributed by atoms with Gasteiger partial charge in [0.2, 0.25) is 0 Å². The molecule has 0 saturated heterocycles. The van der Waals surface area contributed by atoms with Gasteiger partial charge in [-0.2, -0.15) is 0 Å². The maximum absolute atomic E-state index is 5.86. The highest BCUT2D eigenvalue weighted by Gasteiger charge is 2.06. The van der Waals surface area contributed by atoms with Crippen LogP contribution in [0.1, 0.15) is 20.3 Å². The van der Waals surface area contributed by atoms with Gasteiger partial charge in [-0.3, -0.25) is 0 Å². The third kappa shape index (κ3) is 3.20. The fraction of sp³-hybridized carbons (Fsp3) is 0.308. The normalized spacial score (nSPS) is 12.4. The second-order valence-corrected chi connectivity index (χ2v) is 5.29. The van der Waals surface area contributed by atoms with Crippen LogP contribution in [0.4, 0.5) is 5.13 Å². The quantitative estimate of drug-likeness (QED) is 0.870. The molecule has 0 bridgehead atoms. The minimum Gasteiger partial charge on any atom is -0.359 e. The summed E-state index contributed by atoms with van der Waals surface area (Å²) in [7, 11) is 0. The van der Waals surface area contributed by atoms with Crippen LogP contribution >= 0.6 is 22.9 Å². The van der Waals surface area contributed by atoms with Crippen molar-refractivity contribution in [3.05, 3.63) is 34.7 Å². The lowest BCUT2D eigenvalue weighted by Gasteiger charge is -2.08. The van der Waals surface area contributed by atoms with Gasteiger partial charge in [0.25, 0.3) is 0 Å². The van der Waals surface area contributed by atoms with E-state index in [1.54, 1.807) is 11.3 Å². The van der Waals surface area contributed by atoms with Gasteiger partial charge < -0.3 is 5.32 Å². The van der Waals surface area contributed by atoms with Gasteiger partial charge >= 0.3 is 0 Å². The van der Waals surface area contributed by atoms with Crippen LogP contribution in [0, 0.1) is 0 Å². The number of rotatable bonds is 4. The number of benzene rings is 1. The molecule has 1 aromatic carbocycles. The number of aromatic nitrogens is 1. The van der Waals surface area contributed by atoms with Crippen LogP contribution in [0.3, 0.4) is 0 Å². The fourth-order valence-corrected chi connectivity index (χ4v) is 2.36. The Morgan fingerprint density at radius 1 is 1.35 bits per heavy atom. The Balaban J connectivity index is 2.15. The molecule has 1 heterocycles. The minimum absolute atomic E-state index is 0.458. The van der Waals surface area contributed by atoms with Crippen LogP contribution in [0.15, 0.2) is 29.6 Å². The Labute approximate surface area is 111 Å². The molecule has 0 fully saturated rings. The van der Waals surface area contributed by atoms with Crippen molar-refractivity contribution in [2.24, 2.45) is 0 Å². The number of hydrogen-bond acceptors (Lipinski definition) is 3. The summed E-state index contributed by atoms with van der Waals surface area (Å²) in [6, 6.07) is 8.21. The number of nitrogens with one attached hydrogen (secondary N) is 1. The predicted octanol–water partition coefficient (Wildman–Crippen LogP) is 4.67. The van der Waals surface area contributed by atoms with E-state index >= 15 is 0 Å². The van der Waals surface area contributed by atoms with Crippen LogP contribution in [-0.4, -0.2) is 11.0 Å². The third-order valence-corrected chi connectivity index (χ3v) is 3.65. The molecule has 17 heavy (non-hydrogen) atoms. The standard InChI is InChI=1S/C13H15ClN2S/c1-3-9(2)15-13-16-12(8-17-13)10-4-6-11(14)7-5-10/h4-9H,3H2,1-2H3,(H,15,16). The van der Waals surface area contributed by atoms with Gasteiger partial charge in [-0.25, -0.2) is 4.98 Å². The average Bonchev–Trinajstić information content (AvgIpc) is 2.78. The van der Waals surface area contributed by atoms with Crippen molar-refractivity contribution in [1.29, 1.82) is 0 Å². The molecule has 90 valence electrons. The van der Waals surface area contributed by atoms with Crippen LogP contribution < -0.4 is 5.32 Å². The largest absolute Gasteiger partial charge is 0.359 e. The van der Waals surface area contributed by atoms with Crippen molar-refractivity contribution >= 4 is 28.1 Å². The van der Waals surface area contributed by atoms with Crippen molar-refractivity contribution < 1.29 is 0 Å². The van der Waals surface area contributed by atoms with Crippen molar-refractivity contribution in [1.82, 2.24) is 4.98 Å². The first kappa shape index (κ1) is 12.4. The number of nitrogens with zero attached hydrogens (tertiary/aromatic N) is 1. The zero-order chi connectivity index (χ0) is 12.3. The summed E-state index contributed by atoms with van der Waals surface area (Å²) < 4.78 is 0. The van der Waals surface area contributed by atoms with Crippen molar-refractivity contribution in [3.8, 4) is 11.3 Å². The highest BCUT2D eigenvalue weighted by molar-refractivity contribution is 7.14. The Kier molecular flexibility index (Phi) is 4.02. The van der Waals surface area contributed by atoms with E-state index in [0.717, 1.165) is 27.8 Å². The second kappa shape index (κ2) is 5.52. The third-order valence-electron chi connectivity index (χ3n) is 2.63. The zero-order valence-electron chi connectivity index (χ0n) is 9.90. The number of thiazole rings is 1. The molecule has 0 aliphatic heterocycles. The molecule has 0 aliphatic carbocycles. The van der Waals surface area contributed by atoms with Gasteiger partial charge in [0.1, 0.15) is 0 Å².